The number of nitrogens with zero attached hydrogens (tertiary/aromatic N) is 12. The van der Waals surface area contributed by atoms with Crippen LogP contribution in [0, 0.1) is 123 Å². The molecule has 0 heterocycles. The zero-order valence-electron chi connectivity index (χ0n) is 14.2. The third kappa shape index (κ3) is 4.15. The van der Waals surface area contributed by atoms with Gasteiger partial charge in [0, 0.05) is 0 Å². The summed E-state index contributed by atoms with van der Waals surface area (Å²) in [7, 11) is -12.3. The summed E-state index contributed by atoms with van der Waals surface area (Å²) >= 11 is 0. The van der Waals surface area contributed by atoms with E-state index in [1.54, 1.807) is 0 Å². The molecule has 0 aromatic rings. The molecule has 0 saturated carbocycles. The smallest absolute Gasteiger partial charge is 2.00 e. The van der Waals surface area contributed by atoms with Crippen LogP contribution in [0.5, 0.6) is 0 Å². The quantitative estimate of drug-likeness (QED) is 0.366. The number of rotatable bonds is 0. The van der Waals surface area contributed by atoms with Gasteiger partial charge in [0.25, 0.3) is 0 Å². The fourth-order valence-electron chi connectivity index (χ4n) is 0.530. The summed E-state index contributed by atoms with van der Waals surface area (Å²) in [4.78, 5) is 12.4. The second-order valence-electron chi connectivity index (χ2n) is 3.60. The molecule has 0 atom stereocenters. The first-order valence-corrected chi connectivity index (χ1v) is 11.4. The predicted octanol–water partition coefficient (Wildman–Crippen LogP) is -0.946. The Morgan fingerprint density at radius 1 is 0.241 bits per heavy atom. The van der Waals surface area contributed by atoms with Crippen LogP contribution in [0.4, 0.5) is 0 Å². The number of hydrogen-bond donors (Lipinski definition) is 0. The fourth-order valence-corrected chi connectivity index (χ4v) is 2.19. The molecule has 0 aliphatic carbocycles. The van der Waals surface area contributed by atoms with Gasteiger partial charge in [0.1, 0.15) is 0 Å². The van der Waals surface area contributed by atoms with Crippen molar-refractivity contribution >= 4 is 69.2 Å². The Bertz CT molecular complexity index is 890. The molecule has 0 N–H and O–H groups in total. The van der Waals surface area contributed by atoms with Gasteiger partial charge in [-0.3, -0.25) is 0 Å². The first kappa shape index (κ1) is 37.0. The third-order valence-corrected chi connectivity index (χ3v) is 9.78. The molecule has 29 heavy (non-hydrogen) atoms. The van der Waals surface area contributed by atoms with E-state index in [-0.39, 0.29) is 69.2 Å². The van der Waals surface area contributed by atoms with Gasteiger partial charge in [0.2, 0.25) is 0 Å². The minimum absolute atomic E-state index is 0. The van der Waals surface area contributed by atoms with E-state index in [0.717, 1.165) is 59.6 Å². The fraction of sp³-hybridized carbons (Fsp3) is 0. The van der Waals surface area contributed by atoms with Crippen LogP contribution in [-0.4, -0.2) is 69.2 Å². The summed E-state index contributed by atoms with van der Waals surface area (Å²) in [5.74, 6) is 0. The Balaban J connectivity index is -0.000000120. The molecule has 0 spiro atoms. The monoisotopic (exact) mass is 496 g/mol. The summed E-state index contributed by atoms with van der Waals surface area (Å²) in [6, 6.07) is 0. The minimum atomic E-state index is -6.17. The molecule has 0 rings (SSSR count). The van der Waals surface area contributed by atoms with E-state index in [0.29, 0.717) is 0 Å². The van der Waals surface area contributed by atoms with E-state index in [4.69, 9.17) is 63.1 Å². The maximum absolute atomic E-state index is 8.58. The van der Waals surface area contributed by atoms with Crippen LogP contribution in [0.3, 0.4) is 0 Å². The zero-order valence-corrected chi connectivity index (χ0v) is 20.6. The van der Waals surface area contributed by atoms with Crippen LogP contribution in [0.15, 0.2) is 0 Å². The van der Waals surface area contributed by atoms with Crippen LogP contribution < -0.4 is 0 Å². The van der Waals surface area contributed by atoms with Gasteiger partial charge < -0.3 is 0 Å². The Morgan fingerprint density at radius 2 is 0.310 bits per heavy atom. The van der Waals surface area contributed by atoms with Gasteiger partial charge in [-0.15, -0.1) is 0 Å². The molecular formula is C12Fe2Mg3N12. The molecule has 0 aromatic carbocycles. The van der Waals surface area contributed by atoms with Gasteiger partial charge in [0.05, 0.1) is 0 Å². The van der Waals surface area contributed by atoms with Crippen LogP contribution in [0.2, 0.25) is 0 Å². The van der Waals surface area contributed by atoms with Gasteiger partial charge in [-0.2, -0.15) is 0 Å². The van der Waals surface area contributed by atoms with Crippen molar-refractivity contribution in [3.05, 3.63) is 0 Å². The number of hydrogen-bond acceptors (Lipinski definition) is 12. The van der Waals surface area contributed by atoms with Crippen molar-refractivity contribution in [3.8, 4) is 59.6 Å². The zero-order chi connectivity index (χ0) is 21.3. The van der Waals surface area contributed by atoms with Gasteiger partial charge in [-0.25, -0.2) is 0 Å². The summed E-state index contributed by atoms with van der Waals surface area (Å²) in [6.07, 6.45) is 0. The molecule has 130 valence electrons. The van der Waals surface area contributed by atoms with E-state index in [1.807, 2.05) is 0 Å². The van der Waals surface area contributed by atoms with Crippen molar-refractivity contribution in [2.45, 2.75) is 0 Å². The van der Waals surface area contributed by atoms with Crippen LogP contribution in [0.25, 0.3) is 0 Å². The SMILES string of the molecule is N#[C][Fe-3]([C]#N)([C]#N)([C]#N)([C]#N)[C]#N.N#[C][Fe-3]([C]#N)([C]#N)([C]#N)([C]#N)[C]#N.[Mg+2].[Mg+2].[Mg+2]. The first-order chi connectivity index (χ1) is 11.9. The van der Waals surface area contributed by atoms with Crippen LogP contribution in [0.1, 0.15) is 0 Å². The van der Waals surface area contributed by atoms with E-state index < -0.39 is 21.5 Å². The van der Waals surface area contributed by atoms with Crippen molar-refractivity contribution in [2.75, 3.05) is 0 Å². The Labute approximate surface area is 211 Å². The summed E-state index contributed by atoms with van der Waals surface area (Å²) < 4.78 is 0. The first-order valence-electron chi connectivity index (χ1n) is 4.80. The number of nitriles is 12. The van der Waals surface area contributed by atoms with Crippen LogP contribution >= 0.6 is 0 Å². The second-order valence-corrected chi connectivity index (χ2v) is 14.8. The van der Waals surface area contributed by atoms with Crippen LogP contribution in [-0.2, 0) is 21.5 Å². The maximum Gasteiger partial charge on any atom is 2.00 e. The van der Waals surface area contributed by atoms with Gasteiger partial charge in [-0.05, 0) is 0 Å². The molecule has 0 unspecified atom stereocenters. The predicted molar refractivity (Wildman–Crippen MR) is 84.6 cm³/mol. The molecule has 17 heteroatoms. The Morgan fingerprint density at radius 3 is 0.310 bits per heavy atom. The third-order valence-electron chi connectivity index (χ3n) is 2.37. The van der Waals surface area contributed by atoms with Crippen molar-refractivity contribution in [3.63, 3.8) is 0 Å². The molecule has 0 bridgehead atoms. The maximum atomic E-state index is 8.58. The normalized spacial score (nSPS) is 12.0. The van der Waals surface area contributed by atoms with Crippen molar-refractivity contribution in [2.24, 2.45) is 0 Å². The minimum Gasteiger partial charge on any atom is 2.00 e. The molecular weight excluding hydrogens is 497 g/mol. The summed E-state index contributed by atoms with van der Waals surface area (Å²) in [6.45, 7) is 0. The molecule has 0 aliphatic heterocycles. The van der Waals surface area contributed by atoms with Crippen molar-refractivity contribution < 1.29 is 21.5 Å². The topological polar surface area (TPSA) is 285 Å². The Kier molecular flexibility index (Phi) is 12.3. The van der Waals surface area contributed by atoms with Crippen molar-refractivity contribution in [1.29, 1.82) is 63.1 Å². The van der Waals surface area contributed by atoms with Gasteiger partial charge in [-0.1, -0.05) is 0 Å². The average molecular weight is 497 g/mol. The summed E-state index contributed by atoms with van der Waals surface area (Å²) in [5.41, 5.74) is 0. The molecule has 0 amide bonds. The molecule has 0 aliphatic rings. The molecule has 0 fully saturated rings. The van der Waals surface area contributed by atoms with E-state index in [9.17, 15) is 0 Å². The van der Waals surface area contributed by atoms with Crippen molar-refractivity contribution in [1.82, 2.24) is 0 Å². The summed E-state index contributed by atoms with van der Waals surface area (Å²) in [5, 5.41) is 103. The average Bonchev–Trinajstić information content (AvgIpc) is 2.77. The van der Waals surface area contributed by atoms with E-state index >= 15 is 0 Å². The Hall–Kier alpha value is -2.78. The van der Waals surface area contributed by atoms with E-state index in [1.165, 1.54) is 0 Å². The molecule has 0 radical (unpaired) electrons. The molecule has 12 nitrogen and oxygen atoms in total. The standard InChI is InChI=1S/12CN.2Fe.3Mg/c12*1-2;;;;;/q;;;;;;;;;;;;2*-3;3*+2. The molecule has 0 saturated heterocycles. The van der Waals surface area contributed by atoms with E-state index in [2.05, 4.69) is 0 Å². The van der Waals surface area contributed by atoms with Gasteiger partial charge >= 0.3 is 213 Å². The van der Waals surface area contributed by atoms with Gasteiger partial charge in [0.15, 0.2) is 0 Å². The second kappa shape index (κ2) is 9.62. The largest absolute Gasteiger partial charge is 2.00 e. The molecule has 0 aromatic heterocycles.